The van der Waals surface area contributed by atoms with Crippen molar-refractivity contribution in [1.82, 2.24) is 34.8 Å². The lowest BCUT2D eigenvalue weighted by atomic mass is 9.97. The van der Waals surface area contributed by atoms with Gasteiger partial charge in [0.25, 0.3) is 5.91 Å². The minimum Gasteiger partial charge on any atom is -0.481 e. The van der Waals surface area contributed by atoms with Gasteiger partial charge in [-0.05, 0) is 59.7 Å². The lowest BCUT2D eigenvalue weighted by Gasteiger charge is -2.29. The van der Waals surface area contributed by atoms with Crippen molar-refractivity contribution in [1.29, 1.82) is 5.26 Å². The fourth-order valence-electron chi connectivity index (χ4n) is 4.42. The summed E-state index contributed by atoms with van der Waals surface area (Å²) in [4.78, 5) is 38.9. The van der Waals surface area contributed by atoms with Crippen molar-refractivity contribution in [3.8, 4) is 28.7 Å². The second-order valence-electron chi connectivity index (χ2n) is 8.99. The van der Waals surface area contributed by atoms with E-state index in [1.165, 1.54) is 0 Å². The van der Waals surface area contributed by atoms with Gasteiger partial charge in [-0.15, -0.1) is 5.10 Å². The number of carboxylic acid groups (broad SMARTS) is 1. The van der Waals surface area contributed by atoms with Crippen molar-refractivity contribution in [2.45, 2.75) is 19.4 Å². The number of rotatable bonds is 6. The number of nitrogen functional groups attached to an aromatic ring is 1. The van der Waals surface area contributed by atoms with E-state index in [1.54, 1.807) is 46.1 Å². The normalized spacial score (nSPS) is 13.7. The number of piperidine rings is 1. The summed E-state index contributed by atoms with van der Waals surface area (Å²) in [6, 6.07) is 14.6. The molecule has 1 aromatic carbocycles. The molecule has 0 aliphatic carbocycles. The predicted octanol–water partition coefficient (Wildman–Crippen LogP) is 2.84. The van der Waals surface area contributed by atoms with Crippen LogP contribution in [0.15, 0.2) is 48.7 Å². The molecule has 12 nitrogen and oxygen atoms in total. The lowest BCUT2D eigenvalue weighted by Crippen LogP contribution is -2.40. The summed E-state index contributed by atoms with van der Waals surface area (Å²) in [7, 11) is 0. The van der Waals surface area contributed by atoms with Gasteiger partial charge in [0.1, 0.15) is 17.5 Å². The number of likely N-dealkylation sites (tertiary alicyclic amines) is 1. The van der Waals surface area contributed by atoms with Gasteiger partial charge in [-0.1, -0.05) is 23.4 Å². The molecule has 0 radical (unpaired) electrons. The molecule has 4 heterocycles. The van der Waals surface area contributed by atoms with E-state index in [2.05, 4.69) is 53.9 Å². The van der Waals surface area contributed by atoms with Crippen molar-refractivity contribution in [3.63, 3.8) is 0 Å². The average molecular weight is 635 g/mol. The molecule has 3 aromatic heterocycles. The van der Waals surface area contributed by atoms with E-state index in [-0.39, 0.29) is 18.4 Å². The molecule has 196 valence electrons. The van der Waals surface area contributed by atoms with Gasteiger partial charge in [0.05, 0.1) is 41.3 Å². The number of nitrogens with two attached hydrogens (primary N) is 1. The molecular weight excluding hydrogens is 613 g/mol. The van der Waals surface area contributed by atoms with Crippen LogP contribution in [0.1, 0.15) is 34.6 Å². The summed E-state index contributed by atoms with van der Waals surface area (Å²) >= 11 is 2.10. The smallest absolute Gasteiger partial charge is 0.306 e. The maximum absolute atomic E-state index is 13.0. The molecule has 0 saturated carbocycles. The Hall–Kier alpha value is -4.45. The monoisotopic (exact) mass is 635 g/mol. The first-order valence-corrected chi connectivity index (χ1v) is 13.1. The second kappa shape index (κ2) is 11.1. The molecule has 1 aliphatic heterocycles. The Morgan fingerprint density at radius 3 is 2.56 bits per heavy atom. The highest BCUT2D eigenvalue weighted by molar-refractivity contribution is 14.1. The third-order valence-electron chi connectivity index (χ3n) is 6.43. The van der Waals surface area contributed by atoms with Gasteiger partial charge < -0.3 is 15.7 Å². The lowest BCUT2D eigenvalue weighted by molar-refractivity contribution is -0.143. The number of nitrogens with zero attached hydrogens (tertiary/aromatic N) is 8. The first-order valence-electron chi connectivity index (χ1n) is 12.0. The van der Waals surface area contributed by atoms with Crippen LogP contribution in [0.5, 0.6) is 0 Å². The van der Waals surface area contributed by atoms with Gasteiger partial charge in [-0.3, -0.25) is 9.59 Å². The number of nitriles is 1. The zero-order valence-electron chi connectivity index (χ0n) is 20.5. The molecule has 1 aliphatic rings. The summed E-state index contributed by atoms with van der Waals surface area (Å²) in [5.41, 5.74) is 9.44. The number of hydrogen-bond donors (Lipinski definition) is 2. The topological polar surface area (TPSA) is 177 Å². The van der Waals surface area contributed by atoms with Crippen molar-refractivity contribution in [3.05, 3.63) is 69.2 Å². The quantitative estimate of drug-likeness (QED) is 0.300. The third-order valence-corrected chi connectivity index (χ3v) is 7.33. The average Bonchev–Trinajstić information content (AvgIpc) is 3.41. The van der Waals surface area contributed by atoms with Crippen molar-refractivity contribution >= 4 is 40.4 Å². The van der Waals surface area contributed by atoms with Crippen LogP contribution in [-0.2, 0) is 11.3 Å². The maximum atomic E-state index is 13.0. The Balaban J connectivity index is 1.33. The van der Waals surface area contributed by atoms with E-state index >= 15 is 0 Å². The highest BCUT2D eigenvalue weighted by Crippen LogP contribution is 2.28. The molecule has 0 atom stereocenters. The number of aliphatic carboxylic acids is 1. The summed E-state index contributed by atoms with van der Waals surface area (Å²) < 4.78 is 2.38. The van der Waals surface area contributed by atoms with Crippen LogP contribution < -0.4 is 5.73 Å². The van der Waals surface area contributed by atoms with Gasteiger partial charge in [-0.2, -0.15) is 5.26 Å². The standard InChI is InChI=1S/C26H22IN9O3/c27-19-5-2-4-17(18(19)12-28)21-11-22(32-26(29)31-21)23-14-36(34-33-23)13-16-3-1-6-20(30-16)24(37)35-9-7-15(8-10-35)25(38)39/h1-6,11,14-15H,7-10,13H2,(H,38,39)(H2,29,31,32). The third kappa shape index (κ3) is 5.70. The number of carbonyl (C=O) groups is 2. The molecule has 3 N–H and O–H groups in total. The number of carbonyl (C=O) groups excluding carboxylic acids is 1. The van der Waals surface area contributed by atoms with Gasteiger partial charge in [0.2, 0.25) is 5.95 Å². The molecule has 1 saturated heterocycles. The molecule has 39 heavy (non-hydrogen) atoms. The highest BCUT2D eigenvalue weighted by atomic mass is 127. The number of halogens is 1. The number of anilines is 1. The zero-order chi connectivity index (χ0) is 27.5. The number of benzene rings is 1. The molecule has 0 unspecified atom stereocenters. The van der Waals surface area contributed by atoms with Gasteiger partial charge >= 0.3 is 5.97 Å². The van der Waals surface area contributed by atoms with Crippen molar-refractivity contribution in [2.24, 2.45) is 5.92 Å². The van der Waals surface area contributed by atoms with Crippen LogP contribution in [0.2, 0.25) is 0 Å². The van der Waals surface area contributed by atoms with Crippen LogP contribution >= 0.6 is 22.6 Å². The van der Waals surface area contributed by atoms with Gasteiger partial charge in [-0.25, -0.2) is 19.6 Å². The number of pyridine rings is 1. The minimum atomic E-state index is -0.822. The van der Waals surface area contributed by atoms with E-state index in [0.717, 1.165) is 3.57 Å². The molecule has 1 fully saturated rings. The van der Waals surface area contributed by atoms with Gasteiger partial charge in [0.15, 0.2) is 0 Å². The van der Waals surface area contributed by atoms with Crippen LogP contribution in [0, 0.1) is 20.8 Å². The Morgan fingerprint density at radius 2 is 1.82 bits per heavy atom. The number of hydrogen-bond acceptors (Lipinski definition) is 9. The number of aromatic nitrogens is 6. The fourth-order valence-corrected chi connectivity index (χ4v) is 5.04. The van der Waals surface area contributed by atoms with Crippen LogP contribution in [0.25, 0.3) is 22.6 Å². The first kappa shape index (κ1) is 26.2. The number of amides is 1. The molecule has 0 bridgehead atoms. The SMILES string of the molecule is N#Cc1c(I)cccc1-c1cc(-c2cn(Cc3cccc(C(=O)N4CCC(C(=O)O)CC4)n3)nn2)nc(N)n1. The molecular formula is C26H22IN9O3. The van der Waals surface area contributed by atoms with Crippen LogP contribution in [-0.4, -0.2) is 64.9 Å². The van der Waals surface area contributed by atoms with E-state index in [0.29, 0.717) is 65.5 Å². The van der Waals surface area contributed by atoms with Crippen LogP contribution in [0.3, 0.4) is 0 Å². The molecule has 1 amide bonds. The second-order valence-corrected chi connectivity index (χ2v) is 10.2. The predicted molar refractivity (Wildman–Crippen MR) is 148 cm³/mol. The van der Waals surface area contributed by atoms with E-state index in [4.69, 9.17) is 5.73 Å². The van der Waals surface area contributed by atoms with E-state index < -0.39 is 11.9 Å². The summed E-state index contributed by atoms with van der Waals surface area (Å²) in [5.74, 6) is -1.42. The molecule has 0 spiro atoms. The Bertz CT molecular complexity index is 1610. The summed E-state index contributed by atoms with van der Waals surface area (Å²) in [5, 5.41) is 27.2. The van der Waals surface area contributed by atoms with Crippen molar-refractivity contribution in [2.75, 3.05) is 18.8 Å². The highest BCUT2D eigenvalue weighted by Gasteiger charge is 2.28. The maximum Gasteiger partial charge on any atom is 0.306 e. The van der Waals surface area contributed by atoms with Crippen molar-refractivity contribution < 1.29 is 14.7 Å². The zero-order valence-corrected chi connectivity index (χ0v) is 22.7. The number of carboxylic acids is 1. The summed E-state index contributed by atoms with van der Waals surface area (Å²) in [6.45, 7) is 1.03. The fraction of sp³-hybridized carbons (Fsp3) is 0.231. The van der Waals surface area contributed by atoms with Gasteiger partial charge in [0, 0.05) is 22.2 Å². The molecule has 13 heteroatoms. The minimum absolute atomic E-state index is 0.0417. The Labute approximate surface area is 236 Å². The Morgan fingerprint density at radius 1 is 1.08 bits per heavy atom. The largest absolute Gasteiger partial charge is 0.481 e. The Kier molecular flexibility index (Phi) is 7.46. The van der Waals surface area contributed by atoms with E-state index in [1.807, 2.05) is 12.1 Å². The molecule has 5 rings (SSSR count). The van der Waals surface area contributed by atoms with E-state index in [9.17, 15) is 20.0 Å². The molecule has 4 aromatic rings. The first-order chi connectivity index (χ1) is 18.8. The van der Waals surface area contributed by atoms with Crippen LogP contribution in [0.4, 0.5) is 5.95 Å². The summed E-state index contributed by atoms with van der Waals surface area (Å²) in [6.07, 6.45) is 2.55.